The van der Waals surface area contributed by atoms with Crippen molar-refractivity contribution < 1.29 is 9.53 Å². The number of nitrogens with one attached hydrogen (secondary N) is 2. The number of amidine groups is 1. The molecule has 1 amide bonds. The molecule has 6 rings (SSSR count). The van der Waals surface area contributed by atoms with E-state index in [1.165, 1.54) is 11.1 Å². The summed E-state index contributed by atoms with van der Waals surface area (Å²) >= 11 is 0. The van der Waals surface area contributed by atoms with E-state index in [0.29, 0.717) is 32.1 Å². The molecule has 0 aliphatic carbocycles. The number of ether oxygens (including phenoxy) is 1. The third kappa shape index (κ3) is 5.21. The van der Waals surface area contributed by atoms with Gasteiger partial charge in [0.25, 0.3) is 0 Å². The van der Waals surface area contributed by atoms with E-state index in [1.807, 2.05) is 29.0 Å². The highest BCUT2D eigenvalue weighted by molar-refractivity contribution is 6.09. The molecule has 1 fully saturated rings. The molecule has 2 unspecified atom stereocenters. The number of aromatic nitrogens is 2. The maximum absolute atomic E-state index is 12.4. The minimum atomic E-state index is 0.0471. The number of anilines is 1. The Bertz CT molecular complexity index is 1410. The molecule has 0 saturated carbocycles. The van der Waals surface area contributed by atoms with Crippen LogP contribution in [0, 0.1) is 5.41 Å². The normalized spacial score (nSPS) is 21.2. The smallest absolute Gasteiger partial charge is 0.219 e. The number of carbonyl (C=O) groups is 1. The summed E-state index contributed by atoms with van der Waals surface area (Å²) in [6.07, 6.45) is 6.51. The fraction of sp³-hybridized carbons (Fsp3) is 0.387. The Morgan fingerprint density at radius 2 is 2.00 bits per heavy atom. The second-order valence-electron chi connectivity index (χ2n) is 10.9. The Labute approximate surface area is 229 Å². The van der Waals surface area contributed by atoms with Crippen molar-refractivity contribution in [2.75, 3.05) is 37.7 Å². The highest BCUT2D eigenvalue weighted by atomic mass is 16.5. The van der Waals surface area contributed by atoms with E-state index in [-0.39, 0.29) is 17.9 Å². The van der Waals surface area contributed by atoms with E-state index in [2.05, 4.69) is 63.8 Å². The SMILES string of the molecule is CC(=O)N1CCC(NC2CCOC2)=C(C(=N)N2CC(c3ccccc3)Cc3cc(-c4cnn(C)c4)ccc32)C1. The molecule has 0 radical (unpaired) electrons. The molecule has 1 aromatic heterocycles. The van der Waals surface area contributed by atoms with E-state index < -0.39 is 0 Å². The summed E-state index contributed by atoms with van der Waals surface area (Å²) in [5.41, 5.74) is 7.75. The molecule has 202 valence electrons. The molecule has 8 heteroatoms. The van der Waals surface area contributed by atoms with Gasteiger partial charge in [-0.25, -0.2) is 0 Å². The van der Waals surface area contributed by atoms with Crippen molar-refractivity contribution in [3.05, 3.63) is 83.3 Å². The summed E-state index contributed by atoms with van der Waals surface area (Å²) in [7, 11) is 1.93. The van der Waals surface area contributed by atoms with Crippen molar-refractivity contribution >= 4 is 17.4 Å². The zero-order valence-electron chi connectivity index (χ0n) is 22.7. The second kappa shape index (κ2) is 10.7. The standard InChI is InChI=1S/C31H36N6O2/c1-21(38)36-12-10-29(34-27-11-13-39-20-27)28(19-36)31(32)37-18-25(22-6-4-3-5-7-22)15-24-14-23(8-9-30(24)37)26-16-33-35(2)17-26/h3-9,14,16-17,25,27,32,34H,10-13,15,18-20H2,1-2H3. The molecule has 8 nitrogen and oxygen atoms in total. The average molecular weight is 525 g/mol. The topological polar surface area (TPSA) is 86.5 Å². The van der Waals surface area contributed by atoms with E-state index in [0.717, 1.165) is 54.0 Å². The molecule has 2 atom stereocenters. The number of hydrogen-bond donors (Lipinski definition) is 2. The van der Waals surface area contributed by atoms with Gasteiger partial charge in [-0.05, 0) is 41.7 Å². The Morgan fingerprint density at radius 1 is 1.15 bits per heavy atom. The van der Waals surface area contributed by atoms with Gasteiger partial charge in [-0.3, -0.25) is 14.9 Å². The van der Waals surface area contributed by atoms with Crippen LogP contribution >= 0.6 is 0 Å². The van der Waals surface area contributed by atoms with Gasteiger partial charge in [0.15, 0.2) is 0 Å². The summed E-state index contributed by atoms with van der Waals surface area (Å²) in [6, 6.07) is 17.4. The number of carbonyl (C=O) groups excluding carboxylic acids is 1. The van der Waals surface area contributed by atoms with Crippen LogP contribution in [0.4, 0.5) is 5.69 Å². The molecule has 39 heavy (non-hydrogen) atoms. The molecule has 3 aliphatic rings. The Balaban J connectivity index is 1.39. The molecule has 1 saturated heterocycles. The lowest BCUT2D eigenvalue weighted by Gasteiger charge is -2.40. The van der Waals surface area contributed by atoms with Crippen LogP contribution in [0.3, 0.4) is 0 Å². The van der Waals surface area contributed by atoms with Gasteiger partial charge in [0.2, 0.25) is 5.91 Å². The number of hydrogen-bond acceptors (Lipinski definition) is 5. The molecular formula is C31H36N6O2. The van der Waals surface area contributed by atoms with Crippen molar-refractivity contribution in [2.24, 2.45) is 7.05 Å². The van der Waals surface area contributed by atoms with Crippen LogP contribution in [0.2, 0.25) is 0 Å². The summed E-state index contributed by atoms with van der Waals surface area (Å²) in [6.45, 7) is 4.88. The first-order valence-electron chi connectivity index (χ1n) is 13.8. The van der Waals surface area contributed by atoms with Gasteiger partial charge < -0.3 is 19.9 Å². The summed E-state index contributed by atoms with van der Waals surface area (Å²) in [5, 5.41) is 17.6. The maximum atomic E-state index is 12.4. The first-order chi connectivity index (χ1) is 19.0. The number of nitrogens with zero attached hydrogens (tertiary/aromatic N) is 4. The number of fused-ring (bicyclic) bond motifs is 1. The Hall–Kier alpha value is -3.91. The Kier molecular flexibility index (Phi) is 6.95. The quantitative estimate of drug-likeness (QED) is 0.388. The average Bonchev–Trinajstić information content (AvgIpc) is 3.64. The lowest BCUT2D eigenvalue weighted by molar-refractivity contribution is -0.128. The maximum Gasteiger partial charge on any atom is 0.219 e. The highest BCUT2D eigenvalue weighted by Gasteiger charge is 2.33. The molecule has 0 bridgehead atoms. The number of amides is 1. The third-order valence-electron chi connectivity index (χ3n) is 8.20. The fourth-order valence-electron chi connectivity index (χ4n) is 6.04. The van der Waals surface area contributed by atoms with Crippen molar-refractivity contribution in [1.29, 1.82) is 5.41 Å². The summed E-state index contributed by atoms with van der Waals surface area (Å²) in [5.74, 6) is 0.764. The van der Waals surface area contributed by atoms with Crippen molar-refractivity contribution in [3.63, 3.8) is 0 Å². The minimum Gasteiger partial charge on any atom is -0.383 e. The van der Waals surface area contributed by atoms with Crippen LogP contribution in [0.5, 0.6) is 0 Å². The van der Waals surface area contributed by atoms with Crippen LogP contribution in [0.25, 0.3) is 11.1 Å². The minimum absolute atomic E-state index is 0.0471. The van der Waals surface area contributed by atoms with Crippen molar-refractivity contribution in [3.8, 4) is 11.1 Å². The summed E-state index contributed by atoms with van der Waals surface area (Å²) < 4.78 is 7.43. The van der Waals surface area contributed by atoms with Crippen molar-refractivity contribution in [1.82, 2.24) is 20.0 Å². The van der Waals surface area contributed by atoms with Gasteiger partial charge in [0, 0.05) is 74.7 Å². The predicted molar refractivity (Wildman–Crippen MR) is 153 cm³/mol. The number of rotatable bonds is 5. The predicted octanol–water partition coefficient (Wildman–Crippen LogP) is 4.10. The molecule has 4 heterocycles. The van der Waals surface area contributed by atoms with E-state index in [1.54, 1.807) is 6.92 Å². The van der Waals surface area contributed by atoms with Gasteiger partial charge >= 0.3 is 0 Å². The Morgan fingerprint density at radius 3 is 2.72 bits per heavy atom. The largest absolute Gasteiger partial charge is 0.383 e. The monoisotopic (exact) mass is 524 g/mol. The molecular weight excluding hydrogens is 488 g/mol. The fourth-order valence-corrected chi connectivity index (χ4v) is 6.04. The molecule has 3 aromatic rings. The lowest BCUT2D eigenvalue weighted by Crippen LogP contribution is -2.47. The van der Waals surface area contributed by atoms with Crippen LogP contribution in [0.15, 0.2) is 72.2 Å². The zero-order chi connectivity index (χ0) is 26.9. The highest BCUT2D eigenvalue weighted by Crippen LogP contribution is 2.38. The summed E-state index contributed by atoms with van der Waals surface area (Å²) in [4.78, 5) is 16.4. The molecule has 0 spiro atoms. The second-order valence-corrected chi connectivity index (χ2v) is 10.9. The van der Waals surface area contributed by atoms with Crippen LogP contribution < -0.4 is 10.2 Å². The van der Waals surface area contributed by atoms with Gasteiger partial charge in [0.05, 0.1) is 25.4 Å². The van der Waals surface area contributed by atoms with Crippen LogP contribution in [-0.2, 0) is 23.0 Å². The van der Waals surface area contributed by atoms with Gasteiger partial charge in [-0.2, -0.15) is 5.10 Å². The van der Waals surface area contributed by atoms with E-state index in [4.69, 9.17) is 4.74 Å². The zero-order valence-corrected chi connectivity index (χ0v) is 22.7. The molecule has 2 aromatic carbocycles. The van der Waals surface area contributed by atoms with Gasteiger partial charge in [-0.15, -0.1) is 0 Å². The number of aryl methyl sites for hydroxylation is 1. The lowest BCUT2D eigenvalue weighted by atomic mass is 9.85. The van der Waals surface area contributed by atoms with Crippen molar-refractivity contribution in [2.45, 2.75) is 38.1 Å². The number of benzene rings is 2. The third-order valence-corrected chi connectivity index (χ3v) is 8.20. The van der Waals surface area contributed by atoms with Crippen LogP contribution in [-0.4, -0.2) is 65.3 Å². The first kappa shape index (κ1) is 25.4. The molecule has 2 N–H and O–H groups in total. The van der Waals surface area contributed by atoms with E-state index in [9.17, 15) is 10.2 Å². The van der Waals surface area contributed by atoms with Gasteiger partial charge in [-0.1, -0.05) is 36.4 Å². The van der Waals surface area contributed by atoms with Crippen LogP contribution in [0.1, 0.15) is 36.8 Å². The first-order valence-corrected chi connectivity index (χ1v) is 13.8. The van der Waals surface area contributed by atoms with Gasteiger partial charge in [0.1, 0.15) is 5.84 Å². The van der Waals surface area contributed by atoms with E-state index >= 15 is 0 Å². The molecule has 3 aliphatic heterocycles.